The van der Waals surface area contributed by atoms with Gasteiger partial charge in [-0.15, -0.1) is 0 Å². The molecular formula is C25H26N4O5. The number of carbonyl (C=O) groups excluding carboxylic acids is 2. The van der Waals surface area contributed by atoms with Crippen molar-refractivity contribution in [3.63, 3.8) is 0 Å². The van der Waals surface area contributed by atoms with Crippen LogP contribution in [0.1, 0.15) is 35.7 Å². The Kier molecular flexibility index (Phi) is 6.62. The summed E-state index contributed by atoms with van der Waals surface area (Å²) in [4.78, 5) is 36.5. The van der Waals surface area contributed by atoms with E-state index < -0.39 is 29.9 Å². The summed E-state index contributed by atoms with van der Waals surface area (Å²) in [6.45, 7) is 1.77. The molecule has 9 nitrogen and oxygen atoms in total. The lowest BCUT2D eigenvalue weighted by Crippen LogP contribution is -2.42. The van der Waals surface area contributed by atoms with Gasteiger partial charge in [-0.1, -0.05) is 55.5 Å². The van der Waals surface area contributed by atoms with Crippen LogP contribution in [0.5, 0.6) is 0 Å². The Labute approximate surface area is 196 Å². The molecule has 2 amide bonds. The fraction of sp³-hybridized carbons (Fsp3) is 0.280. The Hall–Kier alpha value is -4.14. The molecule has 176 valence electrons. The summed E-state index contributed by atoms with van der Waals surface area (Å²) in [6, 6.07) is 16.4. The molecule has 4 rings (SSSR count). The molecule has 0 aliphatic heterocycles. The van der Waals surface area contributed by atoms with E-state index in [1.54, 1.807) is 14.0 Å². The van der Waals surface area contributed by atoms with Gasteiger partial charge in [-0.25, -0.2) is 9.59 Å². The van der Waals surface area contributed by atoms with Crippen molar-refractivity contribution < 1.29 is 24.2 Å². The van der Waals surface area contributed by atoms with E-state index in [1.165, 1.54) is 16.9 Å². The van der Waals surface area contributed by atoms with Crippen molar-refractivity contribution in [3.8, 4) is 11.1 Å². The number of hydrogen-bond donors (Lipinski definition) is 3. The summed E-state index contributed by atoms with van der Waals surface area (Å²) in [5, 5.41) is 18.5. The van der Waals surface area contributed by atoms with Crippen LogP contribution in [0, 0.1) is 5.92 Å². The third-order valence-electron chi connectivity index (χ3n) is 6.03. The molecule has 9 heteroatoms. The second-order valence-electron chi connectivity index (χ2n) is 8.27. The Morgan fingerprint density at radius 2 is 1.68 bits per heavy atom. The number of fused-ring (bicyclic) bond motifs is 3. The van der Waals surface area contributed by atoms with Crippen LogP contribution in [0.3, 0.4) is 0 Å². The average molecular weight is 463 g/mol. The first-order valence-electron chi connectivity index (χ1n) is 11.0. The van der Waals surface area contributed by atoms with Gasteiger partial charge in [-0.3, -0.25) is 9.48 Å². The normalized spacial score (nSPS) is 13.9. The Morgan fingerprint density at radius 1 is 1.06 bits per heavy atom. The largest absolute Gasteiger partial charge is 0.479 e. The maximum Gasteiger partial charge on any atom is 0.407 e. The van der Waals surface area contributed by atoms with Crippen molar-refractivity contribution in [1.29, 1.82) is 0 Å². The number of amides is 2. The third-order valence-corrected chi connectivity index (χ3v) is 6.03. The van der Waals surface area contributed by atoms with E-state index in [1.807, 2.05) is 36.4 Å². The van der Waals surface area contributed by atoms with Crippen molar-refractivity contribution >= 4 is 18.0 Å². The first-order chi connectivity index (χ1) is 16.4. The van der Waals surface area contributed by atoms with Gasteiger partial charge in [0.05, 0.1) is 11.6 Å². The van der Waals surface area contributed by atoms with E-state index in [2.05, 4.69) is 27.9 Å². The van der Waals surface area contributed by atoms with Crippen LogP contribution in [-0.2, 0) is 21.4 Å². The first kappa shape index (κ1) is 23.0. The molecule has 0 radical (unpaired) electrons. The third kappa shape index (κ3) is 4.63. The second kappa shape index (κ2) is 9.78. The lowest BCUT2D eigenvalue weighted by molar-refractivity contribution is -0.142. The van der Waals surface area contributed by atoms with Gasteiger partial charge in [0.2, 0.25) is 5.91 Å². The Morgan fingerprint density at radius 3 is 2.24 bits per heavy atom. The van der Waals surface area contributed by atoms with Crippen LogP contribution in [-0.4, -0.2) is 46.0 Å². The molecule has 2 aromatic carbocycles. The van der Waals surface area contributed by atoms with Gasteiger partial charge >= 0.3 is 12.1 Å². The summed E-state index contributed by atoms with van der Waals surface area (Å²) in [5.74, 6) is -2.44. The smallest absolute Gasteiger partial charge is 0.407 e. The molecular weight excluding hydrogens is 436 g/mol. The van der Waals surface area contributed by atoms with Crippen molar-refractivity contribution in [2.24, 2.45) is 13.0 Å². The number of nitrogens with zero attached hydrogens (tertiary/aromatic N) is 2. The van der Waals surface area contributed by atoms with Gasteiger partial charge < -0.3 is 20.5 Å². The number of aromatic nitrogens is 2. The molecule has 2 unspecified atom stereocenters. The minimum absolute atomic E-state index is 0.000231. The summed E-state index contributed by atoms with van der Waals surface area (Å²) in [5.41, 5.74) is 4.84. The summed E-state index contributed by atoms with van der Waals surface area (Å²) in [7, 11) is 1.60. The summed E-state index contributed by atoms with van der Waals surface area (Å²) >= 11 is 0. The fourth-order valence-corrected chi connectivity index (χ4v) is 4.19. The number of nitrogens with one attached hydrogen (secondary N) is 2. The molecule has 0 saturated carbocycles. The highest BCUT2D eigenvalue weighted by Crippen LogP contribution is 2.44. The van der Waals surface area contributed by atoms with Crippen molar-refractivity contribution in [1.82, 2.24) is 20.4 Å². The van der Waals surface area contributed by atoms with E-state index >= 15 is 0 Å². The fourth-order valence-electron chi connectivity index (χ4n) is 4.19. The quantitative estimate of drug-likeness (QED) is 0.473. The Balaban J connectivity index is 1.31. The SMILES string of the molecule is CC(CNC(=O)OCC1c2ccccc2-c2ccccc21)C(=O)NC(C(=O)O)c1ccnn1C. The topological polar surface area (TPSA) is 123 Å². The maximum atomic E-state index is 12.5. The molecule has 2 atom stereocenters. The van der Waals surface area contributed by atoms with Crippen molar-refractivity contribution in [2.75, 3.05) is 13.2 Å². The van der Waals surface area contributed by atoms with Crippen LogP contribution in [0.4, 0.5) is 4.79 Å². The molecule has 0 saturated heterocycles. The number of aryl methyl sites for hydroxylation is 1. The van der Waals surface area contributed by atoms with Gasteiger partial charge in [0.25, 0.3) is 0 Å². The molecule has 3 aromatic rings. The van der Waals surface area contributed by atoms with Crippen LogP contribution in [0.15, 0.2) is 60.8 Å². The number of carboxylic acid groups (broad SMARTS) is 1. The van der Waals surface area contributed by atoms with Crippen LogP contribution >= 0.6 is 0 Å². The Bertz CT molecular complexity index is 1180. The van der Waals surface area contributed by atoms with Crippen molar-refractivity contribution in [2.45, 2.75) is 18.9 Å². The van der Waals surface area contributed by atoms with E-state index in [-0.39, 0.29) is 19.1 Å². The van der Waals surface area contributed by atoms with Crippen LogP contribution < -0.4 is 10.6 Å². The second-order valence-corrected chi connectivity index (χ2v) is 8.27. The summed E-state index contributed by atoms with van der Waals surface area (Å²) < 4.78 is 6.86. The number of hydrogen-bond acceptors (Lipinski definition) is 5. The zero-order valence-corrected chi connectivity index (χ0v) is 18.9. The minimum atomic E-state index is -1.24. The van der Waals surface area contributed by atoms with E-state index in [0.717, 1.165) is 22.3 Å². The predicted molar refractivity (Wildman–Crippen MR) is 124 cm³/mol. The molecule has 0 bridgehead atoms. The van der Waals surface area contributed by atoms with Gasteiger partial charge in [-0.2, -0.15) is 5.10 Å². The van der Waals surface area contributed by atoms with Crippen LogP contribution in [0.2, 0.25) is 0 Å². The molecule has 0 fully saturated rings. The number of carboxylic acids is 1. The van der Waals surface area contributed by atoms with E-state index in [9.17, 15) is 19.5 Å². The maximum absolute atomic E-state index is 12.5. The molecule has 1 heterocycles. The lowest BCUT2D eigenvalue weighted by Gasteiger charge is -2.19. The van der Waals surface area contributed by atoms with Crippen LogP contribution in [0.25, 0.3) is 11.1 Å². The zero-order chi connectivity index (χ0) is 24.2. The molecule has 34 heavy (non-hydrogen) atoms. The van der Waals surface area contributed by atoms with Gasteiger partial charge in [0.1, 0.15) is 6.61 Å². The number of carbonyl (C=O) groups is 3. The first-order valence-corrected chi connectivity index (χ1v) is 11.0. The van der Waals surface area contributed by atoms with Gasteiger partial charge in [0, 0.05) is 25.7 Å². The molecule has 1 aromatic heterocycles. The number of rotatable bonds is 8. The number of alkyl carbamates (subject to hydrolysis) is 1. The zero-order valence-electron chi connectivity index (χ0n) is 18.9. The highest BCUT2D eigenvalue weighted by Gasteiger charge is 2.30. The monoisotopic (exact) mass is 462 g/mol. The van der Waals surface area contributed by atoms with E-state index in [0.29, 0.717) is 5.69 Å². The number of benzene rings is 2. The van der Waals surface area contributed by atoms with Gasteiger partial charge in [0.15, 0.2) is 6.04 Å². The average Bonchev–Trinajstić information content (AvgIpc) is 3.40. The predicted octanol–water partition coefficient (Wildman–Crippen LogP) is 2.84. The minimum Gasteiger partial charge on any atom is -0.479 e. The highest BCUT2D eigenvalue weighted by atomic mass is 16.5. The lowest BCUT2D eigenvalue weighted by atomic mass is 9.98. The van der Waals surface area contributed by atoms with Crippen molar-refractivity contribution in [3.05, 3.63) is 77.6 Å². The van der Waals surface area contributed by atoms with E-state index in [4.69, 9.17) is 4.74 Å². The molecule has 0 spiro atoms. The van der Waals surface area contributed by atoms with Gasteiger partial charge in [-0.05, 0) is 28.3 Å². The highest BCUT2D eigenvalue weighted by molar-refractivity contribution is 5.86. The molecule has 1 aliphatic carbocycles. The summed E-state index contributed by atoms with van der Waals surface area (Å²) in [6.07, 6.45) is 0.822. The standard InChI is InChI=1S/C25H26N4O5/c1-15(23(30)28-22(24(31)32)21-11-12-27-29(21)2)13-26-25(33)34-14-20-18-9-5-3-7-16(18)17-8-4-6-10-19(17)20/h3-12,15,20,22H,13-14H2,1-2H3,(H,26,33)(H,28,30)(H,31,32). The molecule has 3 N–H and O–H groups in total. The number of ether oxygens (including phenoxy) is 1. The molecule has 1 aliphatic rings. The number of aliphatic carboxylic acids is 1.